The lowest BCUT2D eigenvalue weighted by Gasteiger charge is -2.11. The number of nitrogens with zero attached hydrogens (tertiary/aromatic N) is 2. The first kappa shape index (κ1) is 14.8. The van der Waals surface area contributed by atoms with Crippen LogP contribution in [-0.2, 0) is 6.18 Å². The summed E-state index contributed by atoms with van der Waals surface area (Å²) in [6, 6.07) is 3.73. The molecule has 1 heterocycles. The fraction of sp³-hybridized carbons (Fsp3) is 0.0909. The third-order valence-corrected chi connectivity index (χ3v) is 2.57. The number of hydrogen-bond acceptors (Lipinski definition) is 3. The van der Waals surface area contributed by atoms with Crippen LogP contribution >= 0.6 is 23.2 Å². The molecule has 0 saturated carbocycles. The van der Waals surface area contributed by atoms with Crippen LogP contribution in [0.2, 0.25) is 10.4 Å². The fourth-order valence-corrected chi connectivity index (χ4v) is 1.83. The van der Waals surface area contributed by atoms with Gasteiger partial charge in [-0.2, -0.15) is 13.2 Å². The lowest BCUT2D eigenvalue weighted by atomic mass is 10.2. The van der Waals surface area contributed by atoms with Gasteiger partial charge in [-0.3, -0.25) is 0 Å². The van der Waals surface area contributed by atoms with Gasteiger partial charge in [-0.25, -0.2) is 14.4 Å². The largest absolute Gasteiger partial charge is 0.419 e. The second kappa shape index (κ2) is 5.41. The molecule has 0 amide bonds. The SMILES string of the molecule is Fc1ccc(Nc2cc(Cl)nc(Cl)n2)cc1C(F)(F)F. The maximum Gasteiger partial charge on any atom is 0.419 e. The van der Waals surface area contributed by atoms with Crippen molar-refractivity contribution >= 4 is 34.7 Å². The summed E-state index contributed by atoms with van der Waals surface area (Å²) >= 11 is 11.2. The van der Waals surface area contributed by atoms with Crippen molar-refractivity contribution in [3.63, 3.8) is 0 Å². The minimum Gasteiger partial charge on any atom is -0.340 e. The van der Waals surface area contributed by atoms with Crippen LogP contribution in [0.4, 0.5) is 29.1 Å². The van der Waals surface area contributed by atoms with Crippen molar-refractivity contribution in [3.05, 3.63) is 46.1 Å². The van der Waals surface area contributed by atoms with Crippen molar-refractivity contribution in [3.8, 4) is 0 Å². The smallest absolute Gasteiger partial charge is 0.340 e. The van der Waals surface area contributed by atoms with E-state index in [0.717, 1.165) is 6.07 Å². The molecule has 0 saturated heterocycles. The highest BCUT2D eigenvalue weighted by atomic mass is 35.5. The molecule has 0 aliphatic heterocycles. The van der Waals surface area contributed by atoms with Crippen LogP contribution < -0.4 is 5.32 Å². The Morgan fingerprint density at radius 2 is 1.75 bits per heavy atom. The molecule has 0 fully saturated rings. The summed E-state index contributed by atoms with van der Waals surface area (Å²) in [6.07, 6.45) is -4.79. The minimum absolute atomic E-state index is 0.00967. The zero-order chi connectivity index (χ0) is 14.9. The highest BCUT2D eigenvalue weighted by Crippen LogP contribution is 2.33. The second-order valence-electron chi connectivity index (χ2n) is 3.66. The van der Waals surface area contributed by atoms with Crippen LogP contribution in [0.5, 0.6) is 0 Å². The molecule has 3 nitrogen and oxygen atoms in total. The maximum absolute atomic E-state index is 13.1. The lowest BCUT2D eigenvalue weighted by molar-refractivity contribution is -0.139. The van der Waals surface area contributed by atoms with Gasteiger partial charge >= 0.3 is 6.18 Å². The van der Waals surface area contributed by atoms with Crippen LogP contribution in [0.15, 0.2) is 24.3 Å². The molecule has 0 aliphatic carbocycles. The molecule has 0 unspecified atom stereocenters. The summed E-state index contributed by atoms with van der Waals surface area (Å²) < 4.78 is 50.8. The molecule has 1 N–H and O–H groups in total. The van der Waals surface area contributed by atoms with E-state index in [-0.39, 0.29) is 21.9 Å². The first-order valence-electron chi connectivity index (χ1n) is 5.09. The summed E-state index contributed by atoms with van der Waals surface area (Å²) in [5, 5.41) is 2.39. The summed E-state index contributed by atoms with van der Waals surface area (Å²) in [5.74, 6) is -1.27. The monoisotopic (exact) mass is 325 g/mol. The predicted molar refractivity (Wildman–Crippen MR) is 66.7 cm³/mol. The molecular formula is C11H5Cl2F4N3. The zero-order valence-electron chi connectivity index (χ0n) is 9.47. The number of hydrogen-bond donors (Lipinski definition) is 1. The van der Waals surface area contributed by atoms with Gasteiger partial charge in [0.2, 0.25) is 5.28 Å². The van der Waals surface area contributed by atoms with Crippen LogP contribution in [0.25, 0.3) is 0 Å². The third-order valence-electron chi connectivity index (χ3n) is 2.21. The minimum atomic E-state index is -4.79. The van der Waals surface area contributed by atoms with E-state index in [9.17, 15) is 17.6 Å². The number of nitrogens with one attached hydrogen (secondary N) is 1. The van der Waals surface area contributed by atoms with E-state index in [4.69, 9.17) is 23.2 Å². The zero-order valence-corrected chi connectivity index (χ0v) is 11.0. The number of alkyl halides is 3. The molecule has 1 aromatic heterocycles. The number of anilines is 2. The molecule has 2 aromatic rings. The Morgan fingerprint density at radius 3 is 2.35 bits per heavy atom. The van der Waals surface area contributed by atoms with Gasteiger partial charge in [0.05, 0.1) is 5.56 Å². The topological polar surface area (TPSA) is 37.8 Å². The van der Waals surface area contributed by atoms with Crippen LogP contribution in [0.3, 0.4) is 0 Å². The van der Waals surface area contributed by atoms with E-state index in [1.807, 2.05) is 0 Å². The molecule has 0 atom stereocenters. The van der Waals surface area contributed by atoms with Gasteiger partial charge in [0, 0.05) is 11.8 Å². The normalized spacial score (nSPS) is 11.5. The molecule has 106 valence electrons. The van der Waals surface area contributed by atoms with Crippen LogP contribution in [0.1, 0.15) is 5.56 Å². The van der Waals surface area contributed by atoms with Crippen molar-refractivity contribution in [1.82, 2.24) is 9.97 Å². The average Bonchev–Trinajstić information content (AvgIpc) is 2.29. The van der Waals surface area contributed by atoms with E-state index < -0.39 is 17.6 Å². The van der Waals surface area contributed by atoms with E-state index in [0.29, 0.717) is 12.1 Å². The Hall–Kier alpha value is -1.60. The van der Waals surface area contributed by atoms with Gasteiger partial charge in [0.25, 0.3) is 0 Å². The van der Waals surface area contributed by atoms with E-state index >= 15 is 0 Å². The molecule has 0 aliphatic rings. The Bertz CT molecular complexity index is 626. The molecule has 0 spiro atoms. The second-order valence-corrected chi connectivity index (χ2v) is 4.39. The van der Waals surface area contributed by atoms with Crippen LogP contribution in [-0.4, -0.2) is 9.97 Å². The number of rotatable bonds is 2. The number of halogens is 6. The van der Waals surface area contributed by atoms with Gasteiger partial charge in [0.15, 0.2) is 0 Å². The molecular weight excluding hydrogens is 321 g/mol. The van der Waals surface area contributed by atoms with Crippen molar-refractivity contribution < 1.29 is 17.6 Å². The van der Waals surface area contributed by atoms with Crippen molar-refractivity contribution in [2.24, 2.45) is 0 Å². The number of benzene rings is 1. The predicted octanol–water partition coefficient (Wildman–Crippen LogP) is 4.68. The van der Waals surface area contributed by atoms with Gasteiger partial charge in [-0.05, 0) is 29.8 Å². The van der Waals surface area contributed by atoms with E-state index in [1.54, 1.807) is 0 Å². The summed E-state index contributed by atoms with van der Waals surface area (Å²) in [5.41, 5.74) is -1.39. The maximum atomic E-state index is 13.1. The summed E-state index contributed by atoms with van der Waals surface area (Å²) in [4.78, 5) is 7.31. The van der Waals surface area contributed by atoms with E-state index in [1.165, 1.54) is 6.07 Å². The Balaban J connectivity index is 2.35. The van der Waals surface area contributed by atoms with Crippen molar-refractivity contribution in [2.45, 2.75) is 6.18 Å². The highest BCUT2D eigenvalue weighted by molar-refractivity contribution is 6.32. The van der Waals surface area contributed by atoms with Gasteiger partial charge < -0.3 is 5.32 Å². The van der Waals surface area contributed by atoms with E-state index in [2.05, 4.69) is 15.3 Å². The lowest BCUT2D eigenvalue weighted by Crippen LogP contribution is -2.08. The van der Waals surface area contributed by atoms with Crippen LogP contribution in [0, 0.1) is 5.82 Å². The number of aromatic nitrogens is 2. The fourth-order valence-electron chi connectivity index (χ4n) is 1.42. The molecule has 2 rings (SSSR count). The molecule has 0 bridgehead atoms. The Kier molecular flexibility index (Phi) is 4.01. The highest BCUT2D eigenvalue weighted by Gasteiger charge is 2.34. The molecule has 0 radical (unpaired) electrons. The first-order valence-corrected chi connectivity index (χ1v) is 5.85. The van der Waals surface area contributed by atoms with Crippen molar-refractivity contribution in [2.75, 3.05) is 5.32 Å². The molecule has 20 heavy (non-hydrogen) atoms. The standard InChI is InChI=1S/C11H5Cl2F4N3/c12-8-4-9(20-10(13)19-8)18-5-1-2-7(14)6(3-5)11(15,16)17/h1-4H,(H,18,19,20). The van der Waals surface area contributed by atoms with Gasteiger partial charge in [-0.15, -0.1) is 0 Å². The Labute approximate surface area is 120 Å². The third kappa shape index (κ3) is 3.49. The Morgan fingerprint density at radius 1 is 1.05 bits per heavy atom. The van der Waals surface area contributed by atoms with Gasteiger partial charge in [0.1, 0.15) is 16.8 Å². The average molecular weight is 326 g/mol. The summed E-state index contributed by atoms with van der Waals surface area (Å²) in [7, 11) is 0. The molecule has 1 aromatic carbocycles. The molecule has 9 heteroatoms. The summed E-state index contributed by atoms with van der Waals surface area (Å²) in [6.45, 7) is 0. The first-order chi connectivity index (χ1) is 9.25. The van der Waals surface area contributed by atoms with Crippen molar-refractivity contribution in [1.29, 1.82) is 0 Å². The van der Waals surface area contributed by atoms with Gasteiger partial charge in [-0.1, -0.05) is 11.6 Å². The quantitative estimate of drug-likeness (QED) is 0.494.